The molecule has 1 aliphatic carbocycles. The average Bonchev–Trinajstić information content (AvgIpc) is 3.15. The first-order valence-corrected chi connectivity index (χ1v) is 10.9. The van der Waals surface area contributed by atoms with Gasteiger partial charge in [-0.05, 0) is 43.7 Å². The maximum absolute atomic E-state index is 12.6. The number of nitrogens with zero attached hydrogens (tertiary/aromatic N) is 1. The molecule has 8 nitrogen and oxygen atoms in total. The van der Waals surface area contributed by atoms with Crippen molar-refractivity contribution in [3.8, 4) is 0 Å². The van der Waals surface area contributed by atoms with Crippen LogP contribution in [0.1, 0.15) is 56.0 Å². The molecule has 0 spiro atoms. The molecule has 1 aromatic heterocycles. The number of carbonyl (C=O) groups excluding carboxylic acids is 1. The third-order valence-electron chi connectivity index (χ3n) is 5.65. The Hall–Kier alpha value is -1.87. The molecule has 1 aromatic rings. The minimum absolute atomic E-state index is 0.0111. The molecule has 0 aromatic carbocycles. The van der Waals surface area contributed by atoms with Gasteiger partial charge in [-0.3, -0.25) is 4.79 Å². The first-order valence-electron chi connectivity index (χ1n) is 9.42. The molecule has 27 heavy (non-hydrogen) atoms. The molecule has 2 heterocycles. The Morgan fingerprint density at radius 3 is 2.41 bits per heavy atom. The van der Waals surface area contributed by atoms with Crippen molar-refractivity contribution in [1.82, 2.24) is 9.62 Å². The molecule has 150 valence electrons. The van der Waals surface area contributed by atoms with Crippen molar-refractivity contribution < 1.29 is 27.5 Å². The number of carboxylic acids is 1. The Bertz CT molecular complexity index is 795. The van der Waals surface area contributed by atoms with Gasteiger partial charge in [-0.15, -0.1) is 0 Å². The van der Waals surface area contributed by atoms with E-state index in [-0.39, 0.29) is 36.0 Å². The van der Waals surface area contributed by atoms with Gasteiger partial charge >= 0.3 is 5.97 Å². The normalized spacial score (nSPS) is 25.2. The lowest BCUT2D eigenvalue weighted by Gasteiger charge is -2.33. The molecular weight excluding hydrogens is 372 g/mol. The molecule has 1 amide bonds. The van der Waals surface area contributed by atoms with Gasteiger partial charge in [0.2, 0.25) is 16.8 Å². The summed E-state index contributed by atoms with van der Waals surface area (Å²) < 4.78 is 31.4. The Labute approximate surface area is 159 Å². The van der Waals surface area contributed by atoms with Gasteiger partial charge < -0.3 is 14.8 Å². The summed E-state index contributed by atoms with van der Waals surface area (Å²) in [5.74, 6) is -1.44. The second-order valence-electron chi connectivity index (χ2n) is 7.48. The summed E-state index contributed by atoms with van der Waals surface area (Å²) in [5, 5.41) is 11.6. The summed E-state index contributed by atoms with van der Waals surface area (Å²) in [6, 6.07) is 2.49. The molecule has 3 rings (SSSR count). The summed E-state index contributed by atoms with van der Waals surface area (Å²) >= 11 is 0. The fourth-order valence-corrected chi connectivity index (χ4v) is 5.27. The molecular formula is C18H26N2O6S. The number of carboxylic acid groups (broad SMARTS) is 1. The number of rotatable bonds is 5. The third-order valence-corrected chi connectivity index (χ3v) is 7.42. The topological polar surface area (TPSA) is 117 Å². The Morgan fingerprint density at radius 2 is 1.81 bits per heavy atom. The second-order valence-corrected chi connectivity index (χ2v) is 9.35. The van der Waals surface area contributed by atoms with Crippen LogP contribution in [-0.4, -0.2) is 48.8 Å². The van der Waals surface area contributed by atoms with E-state index in [9.17, 15) is 18.0 Å². The molecule has 2 atom stereocenters. The van der Waals surface area contributed by atoms with E-state index in [2.05, 4.69) is 12.2 Å². The minimum Gasteiger partial charge on any atom is -0.475 e. The quantitative estimate of drug-likeness (QED) is 0.784. The molecule has 1 saturated heterocycles. The monoisotopic (exact) mass is 398 g/mol. The average molecular weight is 398 g/mol. The van der Waals surface area contributed by atoms with Crippen molar-refractivity contribution >= 4 is 21.9 Å². The summed E-state index contributed by atoms with van der Waals surface area (Å²) in [5.41, 5.74) is 0. The highest BCUT2D eigenvalue weighted by molar-refractivity contribution is 7.89. The number of nitrogens with one attached hydrogen (secondary N) is 1. The number of piperidine rings is 1. The number of aromatic carboxylic acids is 1. The standard InChI is InChI=1S/C18H26N2O6S/c1-12-4-2-3-5-14(12)19-17(21)13-8-10-20(11-9-13)27(24,25)16-7-6-15(26-16)18(22)23/h6-7,12-14H,2-5,8-11H2,1H3,(H,19,21)(H,22,23). The predicted octanol–water partition coefficient (Wildman–Crippen LogP) is 2.07. The highest BCUT2D eigenvalue weighted by Crippen LogP contribution is 2.27. The summed E-state index contributed by atoms with van der Waals surface area (Å²) in [6.07, 6.45) is 5.36. The van der Waals surface area contributed by atoms with E-state index in [0.29, 0.717) is 18.8 Å². The SMILES string of the molecule is CC1CCCCC1NC(=O)C1CCN(S(=O)(=O)c2ccc(C(=O)O)o2)CC1. The lowest BCUT2D eigenvalue weighted by molar-refractivity contribution is -0.127. The van der Waals surface area contributed by atoms with Crippen LogP contribution in [0.2, 0.25) is 0 Å². The van der Waals surface area contributed by atoms with Crippen LogP contribution in [0, 0.1) is 11.8 Å². The fourth-order valence-electron chi connectivity index (χ4n) is 3.89. The van der Waals surface area contributed by atoms with Crippen molar-refractivity contribution in [2.45, 2.75) is 56.6 Å². The second kappa shape index (κ2) is 8.02. The summed E-state index contributed by atoms with van der Waals surface area (Å²) in [6.45, 7) is 2.58. The van der Waals surface area contributed by atoms with Crippen LogP contribution < -0.4 is 5.32 Å². The zero-order valence-electron chi connectivity index (χ0n) is 15.4. The third kappa shape index (κ3) is 4.35. The first kappa shape index (κ1) is 19.9. The largest absolute Gasteiger partial charge is 0.475 e. The molecule has 2 aliphatic rings. The van der Waals surface area contributed by atoms with E-state index in [1.165, 1.54) is 10.7 Å². The van der Waals surface area contributed by atoms with Gasteiger partial charge in [-0.2, -0.15) is 4.31 Å². The maximum Gasteiger partial charge on any atom is 0.371 e. The van der Waals surface area contributed by atoms with Gasteiger partial charge in [0.25, 0.3) is 10.0 Å². The van der Waals surface area contributed by atoms with E-state index in [0.717, 1.165) is 31.4 Å². The smallest absolute Gasteiger partial charge is 0.371 e. The van der Waals surface area contributed by atoms with Crippen LogP contribution in [0.25, 0.3) is 0 Å². The van der Waals surface area contributed by atoms with Crippen molar-refractivity contribution in [3.05, 3.63) is 17.9 Å². The lowest BCUT2D eigenvalue weighted by atomic mass is 9.85. The number of carbonyl (C=O) groups is 2. The molecule has 1 saturated carbocycles. The van der Waals surface area contributed by atoms with E-state index in [4.69, 9.17) is 9.52 Å². The Kier molecular flexibility index (Phi) is 5.90. The van der Waals surface area contributed by atoms with Gasteiger partial charge in [0.05, 0.1) is 0 Å². The Balaban J connectivity index is 1.57. The lowest BCUT2D eigenvalue weighted by Crippen LogP contribution is -2.47. The molecule has 2 unspecified atom stereocenters. The highest BCUT2D eigenvalue weighted by Gasteiger charge is 2.35. The fraction of sp³-hybridized carbons (Fsp3) is 0.667. The van der Waals surface area contributed by atoms with Gasteiger partial charge in [-0.1, -0.05) is 19.8 Å². The van der Waals surface area contributed by atoms with E-state index in [1.54, 1.807) is 0 Å². The molecule has 9 heteroatoms. The van der Waals surface area contributed by atoms with E-state index >= 15 is 0 Å². The zero-order valence-corrected chi connectivity index (χ0v) is 16.2. The van der Waals surface area contributed by atoms with E-state index < -0.39 is 21.8 Å². The molecule has 0 radical (unpaired) electrons. The van der Waals surface area contributed by atoms with Crippen molar-refractivity contribution in [3.63, 3.8) is 0 Å². The van der Waals surface area contributed by atoms with Crippen LogP contribution in [0.5, 0.6) is 0 Å². The van der Waals surface area contributed by atoms with Gasteiger partial charge in [0.1, 0.15) is 0 Å². The number of hydrogen-bond donors (Lipinski definition) is 2. The number of sulfonamides is 1. The van der Waals surface area contributed by atoms with Crippen LogP contribution in [-0.2, 0) is 14.8 Å². The zero-order chi connectivity index (χ0) is 19.6. The molecule has 2 fully saturated rings. The van der Waals surface area contributed by atoms with Crippen molar-refractivity contribution in [1.29, 1.82) is 0 Å². The van der Waals surface area contributed by atoms with Crippen molar-refractivity contribution in [2.75, 3.05) is 13.1 Å². The van der Waals surface area contributed by atoms with Gasteiger partial charge in [0.15, 0.2) is 0 Å². The van der Waals surface area contributed by atoms with Gasteiger partial charge in [-0.25, -0.2) is 13.2 Å². The molecule has 0 bridgehead atoms. The highest BCUT2D eigenvalue weighted by atomic mass is 32.2. The van der Waals surface area contributed by atoms with Crippen molar-refractivity contribution in [2.24, 2.45) is 11.8 Å². The first-order chi connectivity index (χ1) is 12.8. The maximum atomic E-state index is 12.6. The predicted molar refractivity (Wildman–Crippen MR) is 96.7 cm³/mol. The van der Waals surface area contributed by atoms with E-state index in [1.807, 2.05) is 0 Å². The summed E-state index contributed by atoms with van der Waals surface area (Å²) in [7, 11) is -3.89. The van der Waals surface area contributed by atoms with Crippen LogP contribution >= 0.6 is 0 Å². The van der Waals surface area contributed by atoms with Crippen LogP contribution in [0.4, 0.5) is 0 Å². The Morgan fingerprint density at radius 1 is 1.15 bits per heavy atom. The number of furan rings is 1. The minimum atomic E-state index is -3.89. The summed E-state index contributed by atoms with van der Waals surface area (Å²) in [4.78, 5) is 23.4. The molecule has 1 aliphatic heterocycles. The van der Waals surface area contributed by atoms with Crippen LogP contribution in [0.3, 0.4) is 0 Å². The number of hydrogen-bond acceptors (Lipinski definition) is 5. The number of amides is 1. The molecule has 2 N–H and O–H groups in total. The van der Waals surface area contributed by atoms with Gasteiger partial charge in [0, 0.05) is 25.0 Å². The van der Waals surface area contributed by atoms with Crippen LogP contribution in [0.15, 0.2) is 21.6 Å².